The zero-order valence-electron chi connectivity index (χ0n) is 14.6. The van der Waals surface area contributed by atoms with Crippen molar-refractivity contribution in [2.24, 2.45) is 0 Å². The molecular weight excluding hydrogens is 356 g/mol. The summed E-state index contributed by atoms with van der Waals surface area (Å²) in [5.74, 6) is -0.179. The second kappa shape index (κ2) is 7.32. The number of fused-ring (bicyclic) bond motifs is 1. The number of nitro groups is 1. The number of nitro benzene ring substituents is 1. The zero-order valence-corrected chi connectivity index (χ0v) is 14.6. The first-order valence-corrected chi connectivity index (χ1v) is 8.01. The highest BCUT2D eigenvalue weighted by atomic mass is 16.7. The molecule has 140 valence electrons. The third-order valence-electron chi connectivity index (χ3n) is 3.92. The molecule has 0 radical (unpaired) electrons. The zero-order chi connectivity index (χ0) is 19.6. The van der Waals surface area contributed by atoms with Gasteiger partial charge < -0.3 is 19.5 Å². The first kappa shape index (κ1) is 18.2. The number of ether oxygens (including phenoxy) is 3. The fourth-order valence-electron chi connectivity index (χ4n) is 2.49. The molecule has 9 nitrogen and oxygen atoms in total. The van der Waals surface area contributed by atoms with E-state index in [9.17, 15) is 19.7 Å². The van der Waals surface area contributed by atoms with Gasteiger partial charge in [0.1, 0.15) is 0 Å². The van der Waals surface area contributed by atoms with Crippen molar-refractivity contribution in [2.45, 2.75) is 20.0 Å². The van der Waals surface area contributed by atoms with E-state index in [0.717, 1.165) is 0 Å². The molecule has 1 amide bonds. The lowest BCUT2D eigenvalue weighted by atomic mass is 10.1. The Morgan fingerprint density at radius 2 is 1.93 bits per heavy atom. The topological polar surface area (TPSA) is 117 Å². The van der Waals surface area contributed by atoms with E-state index >= 15 is 0 Å². The molecule has 27 heavy (non-hydrogen) atoms. The van der Waals surface area contributed by atoms with Crippen LogP contribution in [0.2, 0.25) is 0 Å². The minimum atomic E-state index is -1.07. The minimum Gasteiger partial charge on any atom is -0.454 e. The maximum atomic E-state index is 12.2. The number of rotatable bonds is 5. The van der Waals surface area contributed by atoms with Gasteiger partial charge in [-0.05, 0) is 38.1 Å². The number of anilines is 1. The molecule has 2 aromatic rings. The van der Waals surface area contributed by atoms with Crippen molar-refractivity contribution in [1.82, 2.24) is 0 Å². The monoisotopic (exact) mass is 372 g/mol. The minimum absolute atomic E-state index is 0.0971. The van der Waals surface area contributed by atoms with Crippen molar-refractivity contribution in [3.05, 3.63) is 57.6 Å². The van der Waals surface area contributed by atoms with Gasteiger partial charge in [-0.2, -0.15) is 0 Å². The van der Waals surface area contributed by atoms with Crippen LogP contribution in [0.1, 0.15) is 22.8 Å². The number of hydrogen-bond donors (Lipinski definition) is 1. The van der Waals surface area contributed by atoms with Crippen molar-refractivity contribution < 1.29 is 28.7 Å². The molecule has 0 bridgehead atoms. The molecule has 3 rings (SSSR count). The Labute approximate surface area is 154 Å². The van der Waals surface area contributed by atoms with Crippen LogP contribution in [-0.2, 0) is 9.53 Å². The molecule has 1 N–H and O–H groups in total. The smallest absolute Gasteiger partial charge is 0.338 e. The molecule has 9 heteroatoms. The van der Waals surface area contributed by atoms with Gasteiger partial charge >= 0.3 is 5.97 Å². The predicted octanol–water partition coefficient (Wildman–Crippen LogP) is 2.82. The average Bonchev–Trinajstić information content (AvgIpc) is 3.08. The van der Waals surface area contributed by atoms with E-state index < -0.39 is 22.9 Å². The van der Waals surface area contributed by atoms with E-state index in [-0.39, 0.29) is 18.0 Å². The maximum Gasteiger partial charge on any atom is 0.338 e. The molecular formula is C18H16N2O7. The number of amides is 1. The first-order chi connectivity index (χ1) is 12.8. The van der Waals surface area contributed by atoms with Crippen LogP contribution in [0.3, 0.4) is 0 Å². The highest BCUT2D eigenvalue weighted by Crippen LogP contribution is 2.34. The normalized spacial score (nSPS) is 13.0. The second-order valence-corrected chi connectivity index (χ2v) is 5.86. The van der Waals surface area contributed by atoms with Crippen LogP contribution in [0.5, 0.6) is 11.5 Å². The number of nitrogens with one attached hydrogen (secondary N) is 1. The van der Waals surface area contributed by atoms with Crippen molar-refractivity contribution >= 4 is 23.3 Å². The number of nitrogens with zero attached hydrogens (tertiary/aromatic N) is 1. The lowest BCUT2D eigenvalue weighted by molar-refractivity contribution is -0.385. The van der Waals surface area contributed by atoms with Crippen LogP contribution in [-0.4, -0.2) is 29.7 Å². The van der Waals surface area contributed by atoms with E-state index in [1.54, 1.807) is 18.2 Å². The number of aryl methyl sites for hydroxylation is 1. The van der Waals surface area contributed by atoms with Crippen LogP contribution in [0.15, 0.2) is 36.4 Å². The van der Waals surface area contributed by atoms with Crippen LogP contribution >= 0.6 is 0 Å². The van der Waals surface area contributed by atoms with Crippen LogP contribution in [0, 0.1) is 17.0 Å². The summed E-state index contributed by atoms with van der Waals surface area (Å²) in [7, 11) is 0. The van der Waals surface area contributed by atoms with E-state index in [4.69, 9.17) is 14.2 Å². The summed E-state index contributed by atoms with van der Waals surface area (Å²) in [6.45, 7) is 3.07. The van der Waals surface area contributed by atoms with Gasteiger partial charge in [0, 0.05) is 23.4 Å². The number of hydrogen-bond acceptors (Lipinski definition) is 7. The third-order valence-corrected chi connectivity index (χ3v) is 3.92. The fraction of sp³-hybridized carbons (Fsp3) is 0.222. The summed E-state index contributed by atoms with van der Waals surface area (Å²) >= 11 is 0. The Bertz CT molecular complexity index is 926. The summed E-state index contributed by atoms with van der Waals surface area (Å²) < 4.78 is 15.6. The Kier molecular flexibility index (Phi) is 4.93. The van der Waals surface area contributed by atoms with Gasteiger partial charge in [-0.15, -0.1) is 0 Å². The van der Waals surface area contributed by atoms with E-state index in [0.29, 0.717) is 22.7 Å². The van der Waals surface area contributed by atoms with Crippen LogP contribution in [0.4, 0.5) is 11.4 Å². The number of carbonyl (C=O) groups excluding carboxylic acids is 2. The summed E-state index contributed by atoms with van der Waals surface area (Å²) in [5, 5.41) is 13.5. The number of carbonyl (C=O) groups is 2. The Morgan fingerprint density at radius 1 is 1.19 bits per heavy atom. The van der Waals surface area contributed by atoms with Crippen molar-refractivity contribution in [3.8, 4) is 11.5 Å². The molecule has 0 fully saturated rings. The van der Waals surface area contributed by atoms with Gasteiger partial charge in [-0.3, -0.25) is 14.9 Å². The van der Waals surface area contributed by atoms with Gasteiger partial charge in [-0.1, -0.05) is 0 Å². The molecule has 0 aromatic heterocycles. The lowest BCUT2D eigenvalue weighted by Gasteiger charge is -2.14. The van der Waals surface area contributed by atoms with Crippen LogP contribution < -0.4 is 14.8 Å². The summed E-state index contributed by atoms with van der Waals surface area (Å²) in [5.41, 5.74) is 0.825. The van der Waals surface area contributed by atoms with Crippen molar-refractivity contribution in [3.63, 3.8) is 0 Å². The van der Waals surface area contributed by atoms with Crippen molar-refractivity contribution in [2.75, 3.05) is 12.1 Å². The molecule has 0 spiro atoms. The fourth-order valence-corrected chi connectivity index (χ4v) is 2.49. The Morgan fingerprint density at radius 3 is 2.63 bits per heavy atom. The summed E-state index contributed by atoms with van der Waals surface area (Å²) in [6.07, 6.45) is -1.07. The van der Waals surface area contributed by atoms with Crippen LogP contribution in [0.25, 0.3) is 0 Å². The molecule has 1 aliphatic rings. The predicted molar refractivity (Wildman–Crippen MR) is 93.9 cm³/mol. The highest BCUT2D eigenvalue weighted by Gasteiger charge is 2.22. The molecule has 0 saturated heterocycles. The molecule has 1 atom stereocenters. The Hall–Kier alpha value is -3.62. The SMILES string of the molecule is Cc1cc(C(=O)O[C@H](C)C(=O)Nc2ccc3c(c2)OCO3)ccc1[N+](=O)[O-]. The molecule has 0 saturated carbocycles. The van der Waals surface area contributed by atoms with Gasteiger partial charge in [0.25, 0.3) is 11.6 Å². The summed E-state index contributed by atoms with van der Waals surface area (Å²) in [6, 6.07) is 8.77. The molecule has 0 unspecified atom stereocenters. The molecule has 2 aromatic carbocycles. The third kappa shape index (κ3) is 3.97. The second-order valence-electron chi connectivity index (χ2n) is 5.86. The van der Waals surface area contributed by atoms with E-state index in [1.807, 2.05) is 0 Å². The summed E-state index contributed by atoms with van der Waals surface area (Å²) in [4.78, 5) is 34.7. The standard InChI is InChI=1S/C18H16N2O7/c1-10-7-12(3-5-14(10)20(23)24)18(22)27-11(2)17(21)19-13-4-6-15-16(8-13)26-9-25-15/h3-8,11H,9H2,1-2H3,(H,19,21)/t11-/m1/s1. The van der Waals surface area contributed by atoms with Gasteiger partial charge in [0.15, 0.2) is 17.6 Å². The average molecular weight is 372 g/mol. The largest absolute Gasteiger partial charge is 0.454 e. The van der Waals surface area contributed by atoms with Gasteiger partial charge in [0.2, 0.25) is 6.79 Å². The van der Waals surface area contributed by atoms with E-state index in [1.165, 1.54) is 32.0 Å². The quantitative estimate of drug-likeness (QED) is 0.487. The highest BCUT2D eigenvalue weighted by molar-refractivity contribution is 5.97. The molecule has 0 aliphatic carbocycles. The Balaban J connectivity index is 1.63. The molecule has 1 aliphatic heterocycles. The first-order valence-electron chi connectivity index (χ1n) is 8.01. The van der Waals surface area contributed by atoms with E-state index in [2.05, 4.69) is 5.32 Å². The lowest BCUT2D eigenvalue weighted by Crippen LogP contribution is -2.30. The number of benzene rings is 2. The van der Waals surface area contributed by atoms with Gasteiger partial charge in [-0.25, -0.2) is 4.79 Å². The number of esters is 1. The maximum absolute atomic E-state index is 12.2. The molecule has 1 heterocycles. The van der Waals surface area contributed by atoms with Gasteiger partial charge in [0.05, 0.1) is 10.5 Å². The van der Waals surface area contributed by atoms with Crippen molar-refractivity contribution in [1.29, 1.82) is 0 Å².